The molecule has 154 valence electrons. The molecule has 2 saturated heterocycles. The summed E-state index contributed by atoms with van der Waals surface area (Å²) in [6, 6.07) is 4.90. The number of guanidine groups is 1. The molecule has 7 heteroatoms. The number of hydrogen-bond acceptors (Lipinski definition) is 4. The third-order valence-corrected chi connectivity index (χ3v) is 6.35. The molecule has 0 saturated carbocycles. The summed E-state index contributed by atoms with van der Waals surface area (Å²) in [5.74, 6) is 1.83. The van der Waals surface area contributed by atoms with Crippen molar-refractivity contribution in [3.63, 3.8) is 0 Å². The molecule has 1 atom stereocenters. The first-order valence-corrected chi connectivity index (χ1v) is 11.2. The van der Waals surface area contributed by atoms with Gasteiger partial charge in [-0.3, -0.25) is 4.99 Å². The van der Waals surface area contributed by atoms with Crippen molar-refractivity contribution < 1.29 is 0 Å². The van der Waals surface area contributed by atoms with E-state index in [0.29, 0.717) is 6.04 Å². The highest BCUT2D eigenvalue weighted by Crippen LogP contribution is 2.24. The molecule has 1 aromatic rings. The summed E-state index contributed by atoms with van der Waals surface area (Å²) < 4.78 is 0. The fourth-order valence-electron chi connectivity index (χ4n) is 4.00. The molecule has 2 aliphatic heterocycles. The highest BCUT2D eigenvalue weighted by molar-refractivity contribution is 14.0. The molecule has 0 amide bonds. The molecule has 1 aromatic heterocycles. The van der Waals surface area contributed by atoms with Crippen molar-refractivity contribution in [3.05, 3.63) is 17.5 Å². The van der Waals surface area contributed by atoms with E-state index in [1.165, 1.54) is 43.8 Å². The number of piperidine rings is 2. The van der Waals surface area contributed by atoms with Crippen molar-refractivity contribution in [2.45, 2.75) is 45.6 Å². The molecule has 3 heterocycles. The summed E-state index contributed by atoms with van der Waals surface area (Å²) in [5.41, 5.74) is 0. The van der Waals surface area contributed by atoms with Crippen LogP contribution < -0.4 is 15.5 Å². The summed E-state index contributed by atoms with van der Waals surface area (Å²) >= 11 is 1.84. The first-order chi connectivity index (χ1) is 12.7. The molecular weight excluding hydrogens is 469 g/mol. The molecule has 0 bridgehead atoms. The summed E-state index contributed by atoms with van der Waals surface area (Å²) in [4.78, 5) is 9.91. The van der Waals surface area contributed by atoms with Crippen molar-refractivity contribution >= 4 is 46.3 Å². The van der Waals surface area contributed by atoms with Gasteiger partial charge in [-0.15, -0.1) is 35.3 Å². The second-order valence-electron chi connectivity index (χ2n) is 7.67. The van der Waals surface area contributed by atoms with Gasteiger partial charge >= 0.3 is 0 Å². The van der Waals surface area contributed by atoms with Gasteiger partial charge in [0.15, 0.2) is 5.96 Å². The third-order valence-electron chi connectivity index (χ3n) is 5.43. The van der Waals surface area contributed by atoms with Crippen LogP contribution in [0.5, 0.6) is 0 Å². The Hall–Kier alpha value is -0.540. The number of rotatable bonds is 6. The number of hydrogen-bond donors (Lipinski definition) is 2. The quantitative estimate of drug-likeness (QED) is 0.352. The van der Waals surface area contributed by atoms with Crippen LogP contribution >= 0.6 is 35.3 Å². The number of nitrogens with zero attached hydrogens (tertiary/aromatic N) is 3. The van der Waals surface area contributed by atoms with E-state index < -0.39 is 0 Å². The minimum atomic E-state index is 0. The van der Waals surface area contributed by atoms with E-state index in [2.05, 4.69) is 51.8 Å². The van der Waals surface area contributed by atoms with Crippen molar-refractivity contribution in [3.8, 4) is 0 Å². The van der Waals surface area contributed by atoms with Gasteiger partial charge in [0.1, 0.15) is 0 Å². The van der Waals surface area contributed by atoms with Gasteiger partial charge in [-0.25, -0.2) is 0 Å². The van der Waals surface area contributed by atoms with Crippen LogP contribution in [0.4, 0.5) is 5.00 Å². The van der Waals surface area contributed by atoms with Crippen LogP contribution in [0.15, 0.2) is 22.5 Å². The van der Waals surface area contributed by atoms with Crippen molar-refractivity contribution in [1.82, 2.24) is 15.5 Å². The molecule has 0 spiro atoms. The van der Waals surface area contributed by atoms with Gasteiger partial charge in [0.25, 0.3) is 0 Å². The second-order valence-corrected chi connectivity index (χ2v) is 8.59. The molecule has 2 N–H and O–H groups in total. The Morgan fingerprint density at radius 3 is 2.74 bits per heavy atom. The van der Waals surface area contributed by atoms with E-state index >= 15 is 0 Å². The summed E-state index contributed by atoms with van der Waals surface area (Å²) in [7, 11) is 0. The van der Waals surface area contributed by atoms with Crippen molar-refractivity contribution in [1.29, 1.82) is 0 Å². The maximum Gasteiger partial charge on any atom is 0.191 e. The van der Waals surface area contributed by atoms with Crippen LogP contribution in [0.2, 0.25) is 0 Å². The first-order valence-electron chi connectivity index (χ1n) is 10.3. The zero-order valence-electron chi connectivity index (χ0n) is 16.8. The Balaban J connectivity index is 0.00000261. The predicted molar refractivity (Wildman–Crippen MR) is 129 cm³/mol. The van der Waals surface area contributed by atoms with Gasteiger partial charge in [0.05, 0.1) is 11.5 Å². The number of nitrogens with one attached hydrogen (secondary N) is 2. The Morgan fingerprint density at radius 2 is 2.07 bits per heavy atom. The Kier molecular flexibility index (Phi) is 10.2. The average molecular weight is 506 g/mol. The van der Waals surface area contributed by atoms with Gasteiger partial charge in [-0.1, -0.05) is 6.92 Å². The molecule has 0 radical (unpaired) electrons. The smallest absolute Gasteiger partial charge is 0.191 e. The minimum Gasteiger partial charge on any atom is -0.363 e. The van der Waals surface area contributed by atoms with Crippen LogP contribution in [0.25, 0.3) is 0 Å². The number of aliphatic imine (C=N–C) groups is 1. The van der Waals surface area contributed by atoms with E-state index in [1.54, 1.807) is 0 Å². The Labute approximate surface area is 186 Å². The normalized spacial score (nSPS) is 22.4. The van der Waals surface area contributed by atoms with Crippen LogP contribution in [-0.4, -0.2) is 62.7 Å². The fourth-order valence-corrected chi connectivity index (χ4v) is 4.79. The van der Waals surface area contributed by atoms with Gasteiger partial charge in [-0.05, 0) is 62.6 Å². The molecule has 27 heavy (non-hydrogen) atoms. The van der Waals surface area contributed by atoms with Crippen LogP contribution in [-0.2, 0) is 0 Å². The molecular formula is C20H36IN5S. The first kappa shape index (κ1) is 22.7. The van der Waals surface area contributed by atoms with E-state index in [4.69, 9.17) is 4.99 Å². The lowest BCUT2D eigenvalue weighted by molar-refractivity contribution is 0.189. The number of thiophene rings is 1. The lowest BCUT2D eigenvalue weighted by Crippen LogP contribution is -2.49. The van der Waals surface area contributed by atoms with Gasteiger partial charge in [-0.2, -0.15) is 0 Å². The molecule has 1 unspecified atom stereocenters. The SMILES string of the molecule is CCNC(=NCCN1CCCC(C)C1)NC1CCN(c2cccs2)CC1.I. The van der Waals surface area contributed by atoms with E-state index in [9.17, 15) is 0 Å². The Morgan fingerprint density at radius 1 is 1.26 bits per heavy atom. The second kappa shape index (κ2) is 12.1. The van der Waals surface area contributed by atoms with Gasteiger partial charge in [0.2, 0.25) is 0 Å². The zero-order chi connectivity index (χ0) is 18.2. The molecule has 5 nitrogen and oxygen atoms in total. The standard InChI is InChI=1S/C20H35N5S.HI/c1-3-21-20(22-10-14-24-11-4-6-17(2)16-24)23-18-8-12-25(13-9-18)19-7-5-15-26-19;/h5,7,15,17-18H,3-4,6,8-14,16H2,1-2H3,(H2,21,22,23);1H. The Bertz CT molecular complexity index is 543. The maximum atomic E-state index is 4.84. The predicted octanol–water partition coefficient (Wildman–Crippen LogP) is 3.62. The van der Waals surface area contributed by atoms with Crippen LogP contribution in [0.1, 0.15) is 39.5 Å². The fraction of sp³-hybridized carbons (Fsp3) is 0.750. The summed E-state index contributed by atoms with van der Waals surface area (Å²) in [6.45, 7) is 12.1. The van der Waals surface area contributed by atoms with Gasteiger partial charge in [0, 0.05) is 38.8 Å². The lowest BCUT2D eigenvalue weighted by atomic mass is 10.0. The molecule has 2 fully saturated rings. The number of likely N-dealkylation sites (tertiary alicyclic amines) is 1. The zero-order valence-corrected chi connectivity index (χ0v) is 20.0. The molecule has 3 rings (SSSR count). The topological polar surface area (TPSA) is 42.9 Å². The highest BCUT2D eigenvalue weighted by Gasteiger charge is 2.21. The maximum absolute atomic E-state index is 4.84. The molecule has 0 aromatic carbocycles. The van der Waals surface area contributed by atoms with Gasteiger partial charge < -0.3 is 20.4 Å². The number of halogens is 1. The summed E-state index contributed by atoms with van der Waals surface area (Å²) in [5, 5.41) is 10.7. The van der Waals surface area contributed by atoms with Crippen molar-refractivity contribution in [2.75, 3.05) is 50.7 Å². The van der Waals surface area contributed by atoms with E-state index in [0.717, 1.165) is 44.6 Å². The molecule has 0 aliphatic carbocycles. The third kappa shape index (κ3) is 7.42. The number of anilines is 1. The monoisotopic (exact) mass is 505 g/mol. The van der Waals surface area contributed by atoms with Crippen LogP contribution in [0, 0.1) is 5.92 Å². The van der Waals surface area contributed by atoms with Crippen molar-refractivity contribution in [2.24, 2.45) is 10.9 Å². The van der Waals surface area contributed by atoms with E-state index in [1.807, 2.05) is 11.3 Å². The average Bonchev–Trinajstić information content (AvgIpc) is 3.17. The highest BCUT2D eigenvalue weighted by atomic mass is 127. The largest absolute Gasteiger partial charge is 0.363 e. The van der Waals surface area contributed by atoms with E-state index in [-0.39, 0.29) is 24.0 Å². The van der Waals surface area contributed by atoms with Crippen LogP contribution in [0.3, 0.4) is 0 Å². The lowest BCUT2D eigenvalue weighted by Gasteiger charge is -2.33. The minimum absolute atomic E-state index is 0. The molecule has 2 aliphatic rings. The summed E-state index contributed by atoms with van der Waals surface area (Å²) in [6.07, 6.45) is 5.07.